The van der Waals surface area contributed by atoms with E-state index in [0.717, 1.165) is 12.2 Å². The van der Waals surface area contributed by atoms with Gasteiger partial charge in [-0.1, -0.05) is 73.2 Å². The van der Waals surface area contributed by atoms with Crippen LogP contribution in [0.1, 0.15) is 12.0 Å². The van der Waals surface area contributed by atoms with Crippen LogP contribution < -0.4 is 9.92 Å². The van der Waals surface area contributed by atoms with E-state index in [-0.39, 0.29) is 0 Å². The Morgan fingerprint density at radius 2 is 1.70 bits per heavy atom. The van der Waals surface area contributed by atoms with Crippen LogP contribution in [0.15, 0.2) is 54.6 Å². The van der Waals surface area contributed by atoms with Crippen LogP contribution in [0.3, 0.4) is 0 Å². The molecule has 106 valence electrons. The minimum atomic E-state index is -1.29. The van der Waals surface area contributed by atoms with Crippen LogP contribution in [0, 0.1) is 0 Å². The topological polar surface area (TPSA) is 9.23 Å². The molecule has 0 aromatic heterocycles. The molecule has 0 amide bonds. The number of ether oxygens (including phenoxy) is 1. The number of benzene rings is 2. The summed E-state index contributed by atoms with van der Waals surface area (Å²) >= 11 is 0. The van der Waals surface area contributed by atoms with Crippen molar-refractivity contribution in [2.45, 2.75) is 32.0 Å². The van der Waals surface area contributed by atoms with Gasteiger partial charge in [0.1, 0.15) is 5.75 Å². The summed E-state index contributed by atoms with van der Waals surface area (Å²) in [5.41, 5.74) is 1.38. The Bertz CT molecular complexity index is 534. The maximum Gasteiger partial charge on any atom is 0.119 e. The van der Waals surface area contributed by atoms with Crippen LogP contribution in [-0.4, -0.2) is 15.2 Å². The van der Waals surface area contributed by atoms with E-state index in [4.69, 9.17) is 4.74 Å². The van der Waals surface area contributed by atoms with Gasteiger partial charge in [-0.25, -0.2) is 0 Å². The minimum Gasteiger partial charge on any atom is -0.497 e. The van der Waals surface area contributed by atoms with E-state index in [1.165, 1.54) is 18.0 Å². The molecular formula is C18H24OSi. The molecule has 20 heavy (non-hydrogen) atoms. The smallest absolute Gasteiger partial charge is 0.119 e. The fraction of sp³-hybridized carbons (Fsp3) is 0.333. The predicted molar refractivity (Wildman–Crippen MR) is 89.7 cm³/mol. The summed E-state index contributed by atoms with van der Waals surface area (Å²) in [5, 5.41) is 1.56. The quantitative estimate of drug-likeness (QED) is 0.721. The van der Waals surface area contributed by atoms with Crippen molar-refractivity contribution < 1.29 is 4.74 Å². The van der Waals surface area contributed by atoms with Crippen molar-refractivity contribution in [3.05, 3.63) is 60.2 Å². The van der Waals surface area contributed by atoms with Crippen LogP contribution in [0.25, 0.3) is 0 Å². The fourth-order valence-electron chi connectivity index (χ4n) is 2.60. The zero-order valence-corrected chi connectivity index (χ0v) is 13.7. The molecular weight excluding hydrogens is 260 g/mol. The second-order valence-corrected chi connectivity index (χ2v) is 10.8. The second kappa shape index (κ2) is 6.75. The van der Waals surface area contributed by atoms with E-state index in [1.807, 2.05) is 6.07 Å². The third-order valence-electron chi connectivity index (χ3n) is 3.96. The summed E-state index contributed by atoms with van der Waals surface area (Å²) < 4.78 is 5.28. The van der Waals surface area contributed by atoms with Gasteiger partial charge in [-0.3, -0.25) is 0 Å². The maximum absolute atomic E-state index is 5.28. The number of hydrogen-bond acceptors (Lipinski definition) is 1. The molecule has 0 aliphatic carbocycles. The summed E-state index contributed by atoms with van der Waals surface area (Å²) in [5.74, 6) is 0.960. The lowest BCUT2D eigenvalue weighted by Crippen LogP contribution is -2.40. The highest BCUT2D eigenvalue weighted by atomic mass is 28.3. The molecule has 0 bridgehead atoms. The molecule has 0 radical (unpaired) electrons. The molecule has 2 heteroatoms. The summed E-state index contributed by atoms with van der Waals surface area (Å²) in [6, 6.07) is 20.8. The Morgan fingerprint density at radius 3 is 2.40 bits per heavy atom. The molecule has 0 unspecified atom stereocenters. The Kier molecular flexibility index (Phi) is 5.02. The molecule has 1 nitrogen and oxygen atoms in total. The van der Waals surface area contributed by atoms with E-state index in [0.29, 0.717) is 0 Å². The highest BCUT2D eigenvalue weighted by Gasteiger charge is 2.22. The van der Waals surface area contributed by atoms with Crippen molar-refractivity contribution in [1.82, 2.24) is 0 Å². The van der Waals surface area contributed by atoms with Gasteiger partial charge in [0.15, 0.2) is 0 Å². The molecule has 2 aromatic carbocycles. The maximum atomic E-state index is 5.28. The largest absolute Gasteiger partial charge is 0.497 e. The monoisotopic (exact) mass is 284 g/mol. The van der Waals surface area contributed by atoms with Gasteiger partial charge >= 0.3 is 0 Å². The van der Waals surface area contributed by atoms with Gasteiger partial charge < -0.3 is 4.74 Å². The standard InChI is InChI=1S/C18H24OSi/c1-19-17-11-7-9-16(15-17)10-8-14-20(2,3)18-12-5-4-6-13-18/h4-7,9,11-13,15H,8,10,14H2,1-3H3. The third-order valence-corrected chi connectivity index (χ3v) is 7.46. The van der Waals surface area contributed by atoms with Crippen LogP contribution in [0.5, 0.6) is 5.75 Å². The van der Waals surface area contributed by atoms with E-state index >= 15 is 0 Å². The van der Waals surface area contributed by atoms with E-state index in [9.17, 15) is 0 Å². The van der Waals surface area contributed by atoms with Gasteiger partial charge in [0.25, 0.3) is 0 Å². The van der Waals surface area contributed by atoms with Crippen molar-refractivity contribution in [3.8, 4) is 5.75 Å². The Hall–Kier alpha value is -1.54. The lowest BCUT2D eigenvalue weighted by molar-refractivity contribution is 0.414. The molecule has 0 aliphatic heterocycles. The average molecular weight is 284 g/mol. The molecule has 2 aromatic rings. The summed E-state index contributed by atoms with van der Waals surface area (Å²) in [4.78, 5) is 0. The van der Waals surface area contributed by atoms with Gasteiger partial charge in [0.05, 0.1) is 15.2 Å². The van der Waals surface area contributed by atoms with Gasteiger partial charge in [-0.05, 0) is 24.1 Å². The van der Waals surface area contributed by atoms with E-state index < -0.39 is 8.07 Å². The van der Waals surface area contributed by atoms with Crippen LogP contribution >= 0.6 is 0 Å². The number of hydrogen-bond donors (Lipinski definition) is 0. The average Bonchev–Trinajstić information content (AvgIpc) is 2.48. The molecule has 0 aliphatic rings. The van der Waals surface area contributed by atoms with Crippen LogP contribution in [0.2, 0.25) is 19.1 Å². The van der Waals surface area contributed by atoms with Crippen LogP contribution in [-0.2, 0) is 6.42 Å². The molecule has 0 saturated heterocycles. The minimum absolute atomic E-state index is 0.960. The molecule has 2 rings (SSSR count). The van der Waals surface area contributed by atoms with Gasteiger partial charge in [0, 0.05) is 0 Å². The summed E-state index contributed by atoms with van der Waals surface area (Å²) in [6.07, 6.45) is 2.39. The summed E-state index contributed by atoms with van der Waals surface area (Å²) in [7, 11) is 0.440. The SMILES string of the molecule is COc1cccc(CCC[Si](C)(C)c2ccccc2)c1. The summed E-state index contributed by atoms with van der Waals surface area (Å²) in [6.45, 7) is 4.93. The molecule has 0 spiro atoms. The van der Waals surface area contributed by atoms with Crippen molar-refractivity contribution in [3.63, 3.8) is 0 Å². The van der Waals surface area contributed by atoms with Crippen molar-refractivity contribution in [1.29, 1.82) is 0 Å². The zero-order chi connectivity index (χ0) is 14.4. The normalized spacial score (nSPS) is 11.3. The molecule has 0 N–H and O–H groups in total. The first kappa shape index (κ1) is 14.9. The highest BCUT2D eigenvalue weighted by Crippen LogP contribution is 2.18. The fourth-order valence-corrected chi connectivity index (χ4v) is 5.04. The van der Waals surface area contributed by atoms with Crippen molar-refractivity contribution in [2.24, 2.45) is 0 Å². The van der Waals surface area contributed by atoms with Crippen molar-refractivity contribution in [2.75, 3.05) is 7.11 Å². The molecule has 0 saturated carbocycles. The van der Waals surface area contributed by atoms with E-state index in [1.54, 1.807) is 12.3 Å². The molecule has 0 atom stereocenters. The highest BCUT2D eigenvalue weighted by molar-refractivity contribution is 6.89. The first-order valence-electron chi connectivity index (χ1n) is 7.30. The first-order valence-corrected chi connectivity index (χ1v) is 10.5. The van der Waals surface area contributed by atoms with Gasteiger partial charge in [-0.2, -0.15) is 0 Å². The number of methoxy groups -OCH3 is 1. The lowest BCUT2D eigenvalue weighted by atomic mass is 10.1. The zero-order valence-electron chi connectivity index (χ0n) is 12.7. The lowest BCUT2D eigenvalue weighted by Gasteiger charge is -2.22. The second-order valence-electron chi connectivity index (χ2n) is 5.95. The van der Waals surface area contributed by atoms with Gasteiger partial charge in [0.2, 0.25) is 0 Å². The Labute approximate surface area is 123 Å². The first-order chi connectivity index (χ1) is 9.62. The Balaban J connectivity index is 1.92. The number of aryl methyl sites for hydroxylation is 1. The van der Waals surface area contributed by atoms with Gasteiger partial charge in [-0.15, -0.1) is 0 Å². The Morgan fingerprint density at radius 1 is 0.950 bits per heavy atom. The molecule has 0 fully saturated rings. The third kappa shape index (κ3) is 3.97. The van der Waals surface area contributed by atoms with Crippen molar-refractivity contribution >= 4 is 13.3 Å². The number of rotatable bonds is 6. The predicted octanol–water partition coefficient (Wildman–Crippen LogP) is 4.24. The van der Waals surface area contributed by atoms with Crippen LogP contribution in [0.4, 0.5) is 0 Å². The molecule has 0 heterocycles. The van der Waals surface area contributed by atoms with E-state index in [2.05, 4.69) is 61.6 Å².